The van der Waals surface area contributed by atoms with Crippen molar-refractivity contribution in [1.82, 2.24) is 14.5 Å². The summed E-state index contributed by atoms with van der Waals surface area (Å²) in [7, 11) is 0. The Bertz CT molecular complexity index is 1210. The molecule has 0 aliphatic carbocycles. The second-order valence-corrected chi connectivity index (χ2v) is 9.57. The van der Waals surface area contributed by atoms with E-state index in [-0.39, 0.29) is 17.2 Å². The van der Waals surface area contributed by atoms with Gasteiger partial charge in [-0.25, -0.2) is 4.98 Å². The van der Waals surface area contributed by atoms with Gasteiger partial charge in [-0.1, -0.05) is 29.9 Å². The molecule has 0 spiro atoms. The maximum atomic E-state index is 12.6. The summed E-state index contributed by atoms with van der Waals surface area (Å²) in [5.74, 6) is -0.323. The molecule has 1 aromatic carbocycles. The first-order valence-electron chi connectivity index (χ1n) is 9.75. The van der Waals surface area contributed by atoms with E-state index in [0.717, 1.165) is 28.3 Å². The Labute approximate surface area is 192 Å². The monoisotopic (exact) mass is 477 g/mol. The number of unbranched alkanes of at least 4 members (excludes halogenated alkanes) is 2. The van der Waals surface area contributed by atoms with Crippen LogP contribution in [0.4, 0.5) is 5.13 Å². The molecule has 164 valence electrons. The van der Waals surface area contributed by atoms with Gasteiger partial charge in [0.1, 0.15) is 0 Å². The Balaban J connectivity index is 1.45. The molecule has 0 unspecified atom stereocenters. The van der Waals surface area contributed by atoms with Crippen LogP contribution in [-0.4, -0.2) is 32.1 Å². The van der Waals surface area contributed by atoms with E-state index in [1.165, 1.54) is 23.1 Å². The number of aryl methyl sites for hydroxylation is 1. The second kappa shape index (κ2) is 10.7. The number of primary amides is 1. The number of H-pyrrole nitrogens is 1. The van der Waals surface area contributed by atoms with Gasteiger partial charge in [0.05, 0.1) is 26.6 Å². The number of rotatable bonds is 10. The van der Waals surface area contributed by atoms with Crippen LogP contribution in [0.3, 0.4) is 0 Å². The average molecular weight is 478 g/mol. The van der Waals surface area contributed by atoms with Crippen molar-refractivity contribution in [3.8, 4) is 0 Å². The number of aromatic amines is 1. The lowest BCUT2D eigenvalue weighted by molar-refractivity contribution is -0.116. The first-order chi connectivity index (χ1) is 14.8. The molecule has 0 bridgehead atoms. The quantitative estimate of drug-likeness (QED) is 0.233. The molecule has 0 fully saturated rings. The van der Waals surface area contributed by atoms with Gasteiger partial charge in [-0.3, -0.25) is 19.0 Å². The lowest BCUT2D eigenvalue weighted by atomic mass is 10.2. The van der Waals surface area contributed by atoms with Crippen molar-refractivity contribution in [3.63, 3.8) is 0 Å². The molecule has 0 radical (unpaired) electrons. The molecule has 4 N–H and O–H groups in total. The van der Waals surface area contributed by atoms with Crippen molar-refractivity contribution < 1.29 is 9.59 Å². The summed E-state index contributed by atoms with van der Waals surface area (Å²) in [6.45, 7) is 2.34. The van der Waals surface area contributed by atoms with Crippen LogP contribution in [-0.2, 0) is 16.1 Å². The molecule has 0 aliphatic rings. The molecule has 2 aromatic heterocycles. The minimum absolute atomic E-state index is 0.0961. The Morgan fingerprint density at radius 2 is 2.06 bits per heavy atom. The first kappa shape index (κ1) is 23.2. The van der Waals surface area contributed by atoms with Crippen LogP contribution in [0.25, 0.3) is 10.9 Å². The van der Waals surface area contributed by atoms with Gasteiger partial charge in [-0.2, -0.15) is 0 Å². The van der Waals surface area contributed by atoms with Crippen molar-refractivity contribution in [2.75, 3.05) is 11.1 Å². The number of thioether (sulfide) groups is 1. The Morgan fingerprint density at radius 3 is 2.84 bits per heavy atom. The highest BCUT2D eigenvalue weighted by molar-refractivity contribution is 8.01. The summed E-state index contributed by atoms with van der Waals surface area (Å²) in [5, 5.41) is 3.93. The smallest absolute Gasteiger partial charge is 0.262 e. The highest BCUT2D eigenvalue weighted by Crippen LogP contribution is 2.31. The summed E-state index contributed by atoms with van der Waals surface area (Å²) < 4.78 is 2.85. The third kappa shape index (κ3) is 6.25. The van der Waals surface area contributed by atoms with Gasteiger partial charge in [-0.15, -0.1) is 11.8 Å². The van der Waals surface area contributed by atoms with Crippen LogP contribution in [0.15, 0.2) is 33.3 Å². The zero-order chi connectivity index (χ0) is 22.4. The van der Waals surface area contributed by atoms with E-state index in [2.05, 4.69) is 15.3 Å². The zero-order valence-electron chi connectivity index (χ0n) is 17.0. The highest BCUT2D eigenvalue weighted by atomic mass is 32.2. The number of hydrogen-bond donors (Lipinski definition) is 3. The van der Waals surface area contributed by atoms with Crippen LogP contribution in [0.1, 0.15) is 31.4 Å². The summed E-state index contributed by atoms with van der Waals surface area (Å²) in [4.78, 5) is 43.1. The molecule has 0 saturated carbocycles. The number of aromatic nitrogens is 3. The summed E-state index contributed by atoms with van der Waals surface area (Å²) in [6.07, 6.45) is 2.59. The molecule has 2 amide bonds. The van der Waals surface area contributed by atoms with Crippen molar-refractivity contribution >= 4 is 63.2 Å². The maximum absolute atomic E-state index is 12.6. The average Bonchev–Trinajstić information content (AvgIpc) is 3.07. The first-order valence-corrected chi connectivity index (χ1v) is 12.0. The van der Waals surface area contributed by atoms with Gasteiger partial charge in [0.15, 0.2) is 9.90 Å². The Morgan fingerprint density at radius 1 is 1.29 bits per heavy atom. The van der Waals surface area contributed by atoms with Crippen molar-refractivity contribution in [3.05, 3.63) is 45.1 Å². The van der Waals surface area contributed by atoms with Gasteiger partial charge < -0.3 is 16.0 Å². The SMILES string of the molecule is Cc1nc(NC(=O)CCCCCn2c(=S)[nH]c3ccccc3c2=O)sc1SCC(N)=O. The van der Waals surface area contributed by atoms with E-state index in [0.29, 0.717) is 34.7 Å². The van der Waals surface area contributed by atoms with Gasteiger partial charge >= 0.3 is 0 Å². The molecule has 2 heterocycles. The van der Waals surface area contributed by atoms with Crippen LogP contribution < -0.4 is 16.6 Å². The lowest BCUT2D eigenvalue weighted by Crippen LogP contribution is -2.22. The molecule has 31 heavy (non-hydrogen) atoms. The third-order valence-corrected chi connectivity index (χ3v) is 7.30. The van der Waals surface area contributed by atoms with Crippen LogP contribution in [0, 0.1) is 11.7 Å². The predicted octanol–water partition coefficient (Wildman–Crippen LogP) is 3.60. The maximum Gasteiger partial charge on any atom is 0.262 e. The van der Waals surface area contributed by atoms with E-state index in [4.69, 9.17) is 18.0 Å². The molecular weight excluding hydrogens is 454 g/mol. The number of para-hydroxylation sites is 1. The molecule has 0 aliphatic heterocycles. The normalized spacial score (nSPS) is 11.0. The minimum atomic E-state index is -0.393. The molecular formula is C20H23N5O3S3. The number of benzene rings is 1. The second-order valence-electron chi connectivity index (χ2n) is 6.94. The lowest BCUT2D eigenvalue weighted by Gasteiger charge is -2.08. The van der Waals surface area contributed by atoms with Gasteiger partial charge in [0.25, 0.3) is 5.56 Å². The minimum Gasteiger partial charge on any atom is -0.369 e. The number of carbonyl (C=O) groups excluding carboxylic acids is 2. The van der Waals surface area contributed by atoms with E-state index in [9.17, 15) is 14.4 Å². The molecule has 0 saturated heterocycles. The van der Waals surface area contributed by atoms with Crippen molar-refractivity contribution in [2.24, 2.45) is 5.73 Å². The highest BCUT2D eigenvalue weighted by Gasteiger charge is 2.12. The van der Waals surface area contributed by atoms with Crippen LogP contribution in [0.2, 0.25) is 0 Å². The van der Waals surface area contributed by atoms with Gasteiger partial charge in [-0.05, 0) is 44.1 Å². The number of carbonyl (C=O) groups is 2. The largest absolute Gasteiger partial charge is 0.369 e. The van der Waals surface area contributed by atoms with Crippen LogP contribution >= 0.6 is 35.3 Å². The van der Waals surface area contributed by atoms with E-state index < -0.39 is 5.91 Å². The van der Waals surface area contributed by atoms with E-state index >= 15 is 0 Å². The zero-order valence-corrected chi connectivity index (χ0v) is 19.4. The number of anilines is 1. The molecule has 3 aromatic rings. The number of nitrogens with two attached hydrogens (primary N) is 1. The fraction of sp³-hybridized carbons (Fsp3) is 0.350. The van der Waals surface area contributed by atoms with Gasteiger partial charge in [0.2, 0.25) is 11.8 Å². The van der Waals surface area contributed by atoms with Crippen LogP contribution in [0.5, 0.6) is 0 Å². The topological polar surface area (TPSA) is 123 Å². The third-order valence-electron chi connectivity index (χ3n) is 4.52. The van der Waals surface area contributed by atoms with Crippen molar-refractivity contribution in [1.29, 1.82) is 0 Å². The van der Waals surface area contributed by atoms with Gasteiger partial charge in [0, 0.05) is 13.0 Å². The number of fused-ring (bicyclic) bond motifs is 1. The summed E-state index contributed by atoms with van der Waals surface area (Å²) in [5.41, 5.74) is 6.57. The number of thiazole rings is 1. The molecule has 0 atom stereocenters. The number of nitrogens with zero attached hydrogens (tertiary/aromatic N) is 2. The van der Waals surface area contributed by atoms with E-state index in [1.807, 2.05) is 25.1 Å². The summed E-state index contributed by atoms with van der Waals surface area (Å²) >= 11 is 7.97. The molecule has 3 rings (SSSR count). The number of amides is 2. The standard InChI is InChI=1S/C20H23N5O3S3/c1-12-18(30-11-15(21)26)31-19(22-12)24-16(27)9-3-2-6-10-25-17(28)13-7-4-5-8-14(13)23-20(25)29/h4-5,7-8H,2-3,6,9-11H2,1H3,(H2,21,26)(H,23,29)(H,22,24,27). The molecule has 11 heteroatoms. The predicted molar refractivity (Wildman–Crippen MR) is 127 cm³/mol. The fourth-order valence-electron chi connectivity index (χ4n) is 3.02. The Kier molecular flexibility index (Phi) is 7.99. The number of hydrogen-bond acceptors (Lipinski definition) is 7. The number of nitrogens with one attached hydrogen (secondary N) is 2. The Hall–Kier alpha value is -2.50. The molecule has 8 nitrogen and oxygen atoms in total. The summed E-state index contributed by atoms with van der Waals surface area (Å²) in [6, 6.07) is 7.30. The van der Waals surface area contributed by atoms with Crippen molar-refractivity contribution in [2.45, 2.75) is 43.4 Å². The fourth-order valence-corrected chi connectivity index (χ4v) is 5.20. The van der Waals surface area contributed by atoms with E-state index in [1.54, 1.807) is 10.6 Å².